The van der Waals surface area contributed by atoms with Gasteiger partial charge in [0.1, 0.15) is 0 Å². The minimum absolute atomic E-state index is 0.0306. The molecular formula is C36H48Cl2. The fourth-order valence-corrected chi connectivity index (χ4v) is 7.77. The van der Waals surface area contributed by atoms with E-state index in [0.717, 1.165) is 25.7 Å². The molecule has 0 nitrogen and oxygen atoms in total. The number of hydrogen-bond acceptors (Lipinski definition) is 0. The summed E-state index contributed by atoms with van der Waals surface area (Å²) >= 11 is 13.7. The zero-order valence-electron chi connectivity index (χ0n) is 24.8. The first-order chi connectivity index (χ1) is 17.6. The van der Waals surface area contributed by atoms with E-state index in [2.05, 4.69) is 128 Å². The van der Waals surface area contributed by atoms with Crippen molar-refractivity contribution in [1.82, 2.24) is 0 Å². The molecule has 0 radical (unpaired) electrons. The molecule has 0 saturated heterocycles. The van der Waals surface area contributed by atoms with Gasteiger partial charge in [-0.05, 0) is 69.6 Å². The fraction of sp³-hybridized carbons (Fsp3) is 0.500. The molecule has 3 aromatic carbocycles. The van der Waals surface area contributed by atoms with Crippen molar-refractivity contribution in [1.29, 1.82) is 0 Å². The highest BCUT2D eigenvalue weighted by Crippen LogP contribution is 2.45. The Labute approximate surface area is 243 Å². The van der Waals surface area contributed by atoms with Crippen LogP contribution < -0.4 is 0 Å². The summed E-state index contributed by atoms with van der Waals surface area (Å²) in [7, 11) is 0. The summed E-state index contributed by atoms with van der Waals surface area (Å²) < 4.78 is 0. The predicted octanol–water partition coefficient (Wildman–Crippen LogP) is 11.8. The summed E-state index contributed by atoms with van der Waals surface area (Å²) in [6.45, 7) is 18.9. The van der Waals surface area contributed by atoms with Gasteiger partial charge in [0, 0.05) is 0 Å². The van der Waals surface area contributed by atoms with Crippen molar-refractivity contribution in [2.45, 2.75) is 103 Å². The van der Waals surface area contributed by atoms with Gasteiger partial charge in [0.15, 0.2) is 0 Å². The third kappa shape index (κ3) is 8.62. The molecule has 206 valence electrons. The molecule has 2 heteroatoms. The second-order valence-electron chi connectivity index (χ2n) is 14.2. The molecule has 0 aliphatic carbocycles. The third-order valence-electron chi connectivity index (χ3n) is 8.07. The van der Waals surface area contributed by atoms with Crippen LogP contribution in [0.3, 0.4) is 0 Å². The van der Waals surface area contributed by atoms with Crippen LogP contribution in [0, 0.1) is 10.8 Å². The van der Waals surface area contributed by atoms with Gasteiger partial charge in [-0.15, -0.1) is 23.2 Å². The first kappa shape index (κ1) is 30.8. The molecule has 2 atom stereocenters. The zero-order valence-corrected chi connectivity index (χ0v) is 26.3. The van der Waals surface area contributed by atoms with Crippen molar-refractivity contribution in [3.05, 3.63) is 107 Å². The third-order valence-corrected chi connectivity index (χ3v) is 8.89. The topological polar surface area (TPSA) is 0 Å². The SMILES string of the molecule is CC(C)(CC(Cl)c1ccccc1)CC(C)(C)c1ccc(C(C)(C)CC(C)(C)CC(Cl)c2ccccc2)cc1. The van der Waals surface area contributed by atoms with Crippen molar-refractivity contribution >= 4 is 23.2 Å². The summed E-state index contributed by atoms with van der Waals surface area (Å²) in [4.78, 5) is 0. The van der Waals surface area contributed by atoms with Gasteiger partial charge in [-0.25, -0.2) is 0 Å². The fourth-order valence-electron chi connectivity index (χ4n) is 6.64. The van der Waals surface area contributed by atoms with Crippen molar-refractivity contribution in [3.8, 4) is 0 Å². The monoisotopic (exact) mass is 550 g/mol. The Kier molecular flexibility index (Phi) is 9.87. The summed E-state index contributed by atoms with van der Waals surface area (Å²) in [5.74, 6) is 0. The lowest BCUT2D eigenvalue weighted by atomic mass is 9.67. The quantitative estimate of drug-likeness (QED) is 0.196. The summed E-state index contributed by atoms with van der Waals surface area (Å²) in [6.07, 6.45) is 4.05. The van der Waals surface area contributed by atoms with Crippen LogP contribution in [0.2, 0.25) is 0 Å². The highest BCUT2D eigenvalue weighted by molar-refractivity contribution is 6.21. The van der Waals surface area contributed by atoms with Gasteiger partial charge in [-0.2, -0.15) is 0 Å². The van der Waals surface area contributed by atoms with E-state index in [1.165, 1.54) is 22.3 Å². The lowest BCUT2D eigenvalue weighted by Crippen LogP contribution is -2.29. The second-order valence-corrected chi connectivity index (χ2v) is 15.2. The van der Waals surface area contributed by atoms with Gasteiger partial charge in [-0.3, -0.25) is 0 Å². The average molecular weight is 552 g/mol. The smallest absolute Gasteiger partial charge is 0.0590 e. The molecule has 0 heterocycles. The van der Waals surface area contributed by atoms with Crippen LogP contribution in [0.5, 0.6) is 0 Å². The first-order valence-electron chi connectivity index (χ1n) is 14.1. The standard InChI is InChI=1S/C36H48Cl2/c1-33(2,23-31(37)27-15-11-9-12-16-27)25-35(5,6)29-19-21-30(22-20-29)36(7,8)26-34(3,4)24-32(38)28-17-13-10-14-18-28/h9-22,31-32H,23-26H2,1-8H3. The molecule has 2 unspecified atom stereocenters. The molecule has 0 aromatic heterocycles. The molecule has 0 amide bonds. The Morgan fingerprint density at radius 1 is 0.474 bits per heavy atom. The number of rotatable bonds is 12. The molecule has 0 aliphatic rings. The number of hydrogen-bond donors (Lipinski definition) is 0. The molecule has 3 rings (SSSR count). The normalized spacial score (nSPS) is 14.8. The molecule has 0 N–H and O–H groups in total. The average Bonchev–Trinajstić information content (AvgIpc) is 2.83. The van der Waals surface area contributed by atoms with E-state index >= 15 is 0 Å². The molecule has 0 spiro atoms. The predicted molar refractivity (Wildman–Crippen MR) is 169 cm³/mol. The summed E-state index contributed by atoms with van der Waals surface area (Å²) in [5.41, 5.74) is 5.54. The molecule has 0 aliphatic heterocycles. The zero-order chi connectivity index (χ0) is 28.2. The van der Waals surface area contributed by atoms with E-state index in [1.807, 2.05) is 12.1 Å². The Balaban J connectivity index is 1.66. The molecular weight excluding hydrogens is 503 g/mol. The van der Waals surface area contributed by atoms with E-state index in [0.29, 0.717) is 0 Å². The van der Waals surface area contributed by atoms with E-state index in [9.17, 15) is 0 Å². The highest BCUT2D eigenvalue weighted by atomic mass is 35.5. The van der Waals surface area contributed by atoms with Gasteiger partial charge < -0.3 is 0 Å². The van der Waals surface area contributed by atoms with Crippen LogP contribution in [0.25, 0.3) is 0 Å². The maximum absolute atomic E-state index is 6.85. The molecule has 3 aromatic rings. The maximum atomic E-state index is 6.85. The molecule has 38 heavy (non-hydrogen) atoms. The molecule has 0 saturated carbocycles. The van der Waals surface area contributed by atoms with Gasteiger partial charge >= 0.3 is 0 Å². The Hall–Kier alpha value is -1.76. The van der Waals surface area contributed by atoms with Crippen LogP contribution in [0.15, 0.2) is 84.9 Å². The van der Waals surface area contributed by atoms with Gasteiger partial charge in [0.25, 0.3) is 0 Å². The van der Waals surface area contributed by atoms with Gasteiger partial charge in [0.2, 0.25) is 0 Å². The van der Waals surface area contributed by atoms with Crippen molar-refractivity contribution in [2.24, 2.45) is 10.8 Å². The van der Waals surface area contributed by atoms with Crippen molar-refractivity contribution < 1.29 is 0 Å². The van der Waals surface area contributed by atoms with E-state index in [1.54, 1.807) is 0 Å². The Morgan fingerprint density at radius 3 is 1.05 bits per heavy atom. The van der Waals surface area contributed by atoms with E-state index in [4.69, 9.17) is 23.2 Å². The second kappa shape index (κ2) is 12.2. The number of benzene rings is 3. The minimum Gasteiger partial charge on any atom is -0.118 e. The van der Waals surface area contributed by atoms with Crippen LogP contribution >= 0.6 is 23.2 Å². The maximum Gasteiger partial charge on any atom is 0.0590 e. The largest absolute Gasteiger partial charge is 0.118 e. The van der Waals surface area contributed by atoms with Crippen LogP contribution in [-0.4, -0.2) is 0 Å². The number of halogens is 2. The van der Waals surface area contributed by atoms with Crippen molar-refractivity contribution in [3.63, 3.8) is 0 Å². The highest BCUT2D eigenvalue weighted by Gasteiger charge is 2.34. The van der Waals surface area contributed by atoms with E-state index in [-0.39, 0.29) is 32.4 Å². The van der Waals surface area contributed by atoms with Crippen LogP contribution in [-0.2, 0) is 10.8 Å². The van der Waals surface area contributed by atoms with Crippen molar-refractivity contribution in [2.75, 3.05) is 0 Å². The van der Waals surface area contributed by atoms with Crippen LogP contribution in [0.4, 0.5) is 0 Å². The van der Waals surface area contributed by atoms with E-state index < -0.39 is 0 Å². The summed E-state index contributed by atoms with van der Waals surface area (Å²) in [6, 6.07) is 30.3. The van der Waals surface area contributed by atoms with Crippen LogP contribution in [0.1, 0.15) is 114 Å². The van der Waals surface area contributed by atoms with Gasteiger partial charge in [0.05, 0.1) is 10.8 Å². The van der Waals surface area contributed by atoms with Gasteiger partial charge in [-0.1, -0.05) is 140 Å². The first-order valence-corrected chi connectivity index (χ1v) is 15.0. The summed E-state index contributed by atoms with van der Waals surface area (Å²) in [5, 5.41) is 0.0611. The Bertz CT molecular complexity index is 1030. The minimum atomic E-state index is 0.0306. The number of alkyl halides is 2. The lowest BCUT2D eigenvalue weighted by Gasteiger charge is -2.38. The molecule has 0 bridgehead atoms. The Morgan fingerprint density at radius 2 is 0.763 bits per heavy atom. The lowest BCUT2D eigenvalue weighted by molar-refractivity contribution is 0.234. The molecule has 0 fully saturated rings.